The molecule has 2 heterocycles. The average molecular weight is 670 g/mol. The Morgan fingerprint density at radius 3 is 1.38 bits per heavy atom. The van der Waals surface area contributed by atoms with Gasteiger partial charge < -0.3 is 19.5 Å². The van der Waals surface area contributed by atoms with Crippen LogP contribution in [0.15, 0.2) is 48.6 Å². The first-order valence-corrected chi connectivity index (χ1v) is 20.9. The number of fused-ring (bicyclic) bond motifs is 1. The van der Waals surface area contributed by atoms with Crippen LogP contribution >= 0.6 is 0 Å². The summed E-state index contributed by atoms with van der Waals surface area (Å²) in [5, 5.41) is 10.5. The molecule has 2 rings (SSSR count). The van der Waals surface area contributed by atoms with Gasteiger partial charge in [-0.3, -0.25) is 0 Å². The molecule has 0 amide bonds. The van der Waals surface area contributed by atoms with Crippen molar-refractivity contribution in [2.45, 2.75) is 211 Å². The number of β-amino-alcohol motifs (C(OH)–C–C–N with tert-alkyl or cyclic N) is 1. The minimum atomic E-state index is -0.447. The lowest BCUT2D eigenvalue weighted by atomic mass is 9.98. The molecular formula is C44H79NO3. The number of ether oxygens (including phenoxy) is 2. The number of hydrogen-bond acceptors (Lipinski definition) is 4. The Morgan fingerprint density at radius 1 is 0.521 bits per heavy atom. The molecule has 0 bridgehead atoms. The number of aliphatic hydroxyl groups is 1. The first-order chi connectivity index (χ1) is 23.6. The van der Waals surface area contributed by atoms with Gasteiger partial charge in [-0.25, -0.2) is 0 Å². The van der Waals surface area contributed by atoms with Crippen LogP contribution in [-0.2, 0) is 9.47 Å². The van der Waals surface area contributed by atoms with Crippen LogP contribution in [0.2, 0.25) is 0 Å². The molecule has 2 saturated heterocycles. The number of unbranched alkanes of at least 4 members (excludes halogenated alkanes) is 18. The highest BCUT2D eigenvalue weighted by molar-refractivity contribution is 4.94. The van der Waals surface area contributed by atoms with E-state index < -0.39 is 5.79 Å². The SMILES string of the molecule is CCCCCC=CCC=CCCCCCCCCC1(CCCCCCCCC=CCC=CCCCCC)OC2CC(O)CN(C)CC2O1. The van der Waals surface area contributed by atoms with Crippen LogP contribution in [0.1, 0.15) is 187 Å². The molecule has 2 fully saturated rings. The predicted octanol–water partition coefficient (Wildman–Crippen LogP) is 12.6. The summed E-state index contributed by atoms with van der Waals surface area (Å²) < 4.78 is 13.6. The number of likely N-dealkylation sites (tertiary alicyclic amines) is 1. The Hall–Kier alpha value is -1.20. The van der Waals surface area contributed by atoms with Crippen molar-refractivity contribution in [1.29, 1.82) is 0 Å². The number of aliphatic hydroxyl groups excluding tert-OH is 1. The highest BCUT2D eigenvalue weighted by atomic mass is 16.8. The fourth-order valence-corrected chi connectivity index (χ4v) is 7.30. The Balaban J connectivity index is 1.60. The van der Waals surface area contributed by atoms with E-state index in [1.165, 1.54) is 141 Å². The maximum absolute atomic E-state index is 10.5. The summed E-state index contributed by atoms with van der Waals surface area (Å²) in [5.74, 6) is -0.447. The number of rotatable bonds is 30. The van der Waals surface area contributed by atoms with Crippen molar-refractivity contribution in [2.24, 2.45) is 0 Å². The van der Waals surface area contributed by atoms with E-state index in [-0.39, 0.29) is 18.3 Å². The zero-order chi connectivity index (χ0) is 34.4. The Kier molecular flexibility index (Phi) is 26.4. The van der Waals surface area contributed by atoms with E-state index in [4.69, 9.17) is 9.47 Å². The lowest BCUT2D eigenvalue weighted by Crippen LogP contribution is -2.36. The lowest BCUT2D eigenvalue weighted by Gasteiger charge is -2.30. The Labute approximate surface area is 298 Å². The summed E-state index contributed by atoms with van der Waals surface area (Å²) in [6, 6.07) is 0. The van der Waals surface area contributed by atoms with E-state index >= 15 is 0 Å². The van der Waals surface area contributed by atoms with Gasteiger partial charge >= 0.3 is 0 Å². The molecule has 48 heavy (non-hydrogen) atoms. The van der Waals surface area contributed by atoms with Gasteiger partial charge in [-0.2, -0.15) is 0 Å². The molecule has 0 spiro atoms. The van der Waals surface area contributed by atoms with Gasteiger partial charge in [0.2, 0.25) is 0 Å². The number of likely N-dealkylation sites (N-methyl/N-ethyl adjacent to an activating group) is 1. The van der Waals surface area contributed by atoms with Gasteiger partial charge in [-0.15, -0.1) is 0 Å². The highest BCUT2D eigenvalue weighted by Crippen LogP contribution is 2.40. The number of nitrogens with zero attached hydrogens (tertiary/aromatic N) is 1. The molecule has 3 atom stereocenters. The molecule has 1 N–H and O–H groups in total. The molecule has 3 unspecified atom stereocenters. The Morgan fingerprint density at radius 2 is 0.917 bits per heavy atom. The van der Waals surface area contributed by atoms with Gasteiger partial charge in [0, 0.05) is 32.4 Å². The van der Waals surface area contributed by atoms with Crippen LogP contribution in [0.3, 0.4) is 0 Å². The summed E-state index contributed by atoms with van der Waals surface area (Å²) in [7, 11) is 2.10. The molecule has 4 heteroatoms. The third-order valence-electron chi connectivity index (χ3n) is 10.2. The fourth-order valence-electron chi connectivity index (χ4n) is 7.30. The summed E-state index contributed by atoms with van der Waals surface area (Å²) >= 11 is 0. The monoisotopic (exact) mass is 670 g/mol. The summed E-state index contributed by atoms with van der Waals surface area (Å²) in [5.41, 5.74) is 0. The van der Waals surface area contributed by atoms with E-state index in [0.717, 1.165) is 32.2 Å². The van der Waals surface area contributed by atoms with Gasteiger partial charge in [0.1, 0.15) is 0 Å². The quantitative estimate of drug-likeness (QED) is 0.0610. The normalized spacial score (nSPS) is 23.8. The van der Waals surface area contributed by atoms with Crippen molar-refractivity contribution < 1.29 is 14.6 Å². The van der Waals surface area contributed by atoms with Crippen molar-refractivity contribution in [2.75, 3.05) is 20.1 Å². The van der Waals surface area contributed by atoms with Crippen molar-refractivity contribution in [3.63, 3.8) is 0 Å². The first kappa shape index (κ1) is 43.0. The van der Waals surface area contributed by atoms with Crippen LogP contribution in [0.25, 0.3) is 0 Å². The van der Waals surface area contributed by atoms with Gasteiger partial charge in [0.25, 0.3) is 0 Å². The third kappa shape index (κ3) is 21.8. The van der Waals surface area contributed by atoms with Crippen LogP contribution in [-0.4, -0.2) is 54.2 Å². The van der Waals surface area contributed by atoms with Crippen molar-refractivity contribution >= 4 is 0 Å². The van der Waals surface area contributed by atoms with E-state index in [2.05, 4.69) is 74.4 Å². The maximum atomic E-state index is 10.5. The molecule has 0 aliphatic carbocycles. The highest BCUT2D eigenvalue weighted by Gasteiger charge is 2.48. The number of hydrogen-bond donors (Lipinski definition) is 1. The van der Waals surface area contributed by atoms with Crippen molar-refractivity contribution in [3.8, 4) is 0 Å². The first-order valence-electron chi connectivity index (χ1n) is 20.9. The maximum Gasteiger partial charge on any atom is 0.169 e. The topological polar surface area (TPSA) is 41.9 Å². The standard InChI is InChI=1S/C44H79NO3/c1-4-6-8-10-12-14-16-18-20-22-24-26-28-30-32-34-36-44(47-42-38-41(46)39-45(3)40-43(42)48-44)37-35-33-31-29-27-25-23-21-19-17-15-13-11-9-7-5-2/h12-15,18-21,41-43,46H,4-11,16-17,22-40H2,1-3H3. The van der Waals surface area contributed by atoms with E-state index in [9.17, 15) is 5.11 Å². The predicted molar refractivity (Wildman–Crippen MR) is 209 cm³/mol. The largest absolute Gasteiger partial charge is 0.392 e. The molecule has 0 aromatic heterocycles. The molecule has 2 aliphatic rings. The van der Waals surface area contributed by atoms with Crippen molar-refractivity contribution in [3.05, 3.63) is 48.6 Å². The van der Waals surface area contributed by atoms with Gasteiger partial charge in [-0.05, 0) is 84.1 Å². The molecule has 278 valence electrons. The second-order valence-electron chi connectivity index (χ2n) is 15.0. The summed E-state index contributed by atoms with van der Waals surface area (Å²) in [4.78, 5) is 2.22. The molecule has 0 aromatic carbocycles. The molecule has 0 aromatic rings. The average Bonchev–Trinajstić information content (AvgIpc) is 3.32. The van der Waals surface area contributed by atoms with E-state index in [1.54, 1.807) is 0 Å². The van der Waals surface area contributed by atoms with Crippen LogP contribution in [0, 0.1) is 0 Å². The third-order valence-corrected chi connectivity index (χ3v) is 10.2. The smallest absolute Gasteiger partial charge is 0.169 e. The van der Waals surface area contributed by atoms with Gasteiger partial charge in [0.05, 0.1) is 18.3 Å². The lowest BCUT2D eigenvalue weighted by molar-refractivity contribution is -0.190. The molecule has 0 radical (unpaired) electrons. The molecule has 4 nitrogen and oxygen atoms in total. The van der Waals surface area contributed by atoms with Crippen molar-refractivity contribution in [1.82, 2.24) is 4.90 Å². The zero-order valence-electron chi connectivity index (χ0n) is 32.1. The minimum Gasteiger partial charge on any atom is -0.392 e. The molecule has 0 saturated carbocycles. The van der Waals surface area contributed by atoms with Crippen LogP contribution < -0.4 is 0 Å². The zero-order valence-corrected chi connectivity index (χ0v) is 32.1. The van der Waals surface area contributed by atoms with Crippen LogP contribution in [0.5, 0.6) is 0 Å². The summed E-state index contributed by atoms with van der Waals surface area (Å²) in [6.07, 6.45) is 51.7. The van der Waals surface area contributed by atoms with Gasteiger partial charge in [-0.1, -0.05) is 140 Å². The second-order valence-corrected chi connectivity index (χ2v) is 15.0. The summed E-state index contributed by atoms with van der Waals surface area (Å²) in [6.45, 7) is 6.10. The minimum absolute atomic E-state index is 0.0270. The Bertz CT molecular complexity index is 780. The molecular weight excluding hydrogens is 590 g/mol. The van der Waals surface area contributed by atoms with Gasteiger partial charge in [0.15, 0.2) is 5.79 Å². The fraction of sp³-hybridized carbons (Fsp3) is 0.818. The van der Waals surface area contributed by atoms with E-state index in [1.807, 2.05) is 0 Å². The van der Waals surface area contributed by atoms with E-state index in [0.29, 0.717) is 13.0 Å². The second kappa shape index (κ2) is 29.5. The number of allylic oxidation sites excluding steroid dienone is 8. The molecule has 2 aliphatic heterocycles. The van der Waals surface area contributed by atoms with Crippen LogP contribution in [0.4, 0.5) is 0 Å².